The number of Topliss-reactive ketones (excluding diaryl/α,β-unsaturated/α-hetero) is 1. The summed E-state index contributed by atoms with van der Waals surface area (Å²) in [5.41, 5.74) is 2.29. The van der Waals surface area contributed by atoms with Gasteiger partial charge in [0, 0.05) is 17.8 Å². The van der Waals surface area contributed by atoms with Gasteiger partial charge in [0.1, 0.15) is 11.5 Å². The topological polar surface area (TPSA) is 103 Å². The van der Waals surface area contributed by atoms with Gasteiger partial charge in [0.05, 0.1) is 18.2 Å². The maximum absolute atomic E-state index is 13.2. The highest BCUT2D eigenvalue weighted by Gasteiger charge is 2.46. The molecule has 1 aromatic heterocycles. The van der Waals surface area contributed by atoms with Crippen LogP contribution in [0.25, 0.3) is 5.76 Å². The molecule has 2 N–H and O–H groups in total. The second-order valence-electron chi connectivity index (χ2n) is 8.41. The highest BCUT2D eigenvalue weighted by atomic mass is 16.5. The Labute approximate surface area is 193 Å². The van der Waals surface area contributed by atoms with Crippen LogP contribution >= 0.6 is 0 Å². The smallest absolute Gasteiger partial charge is 0.355 e. The second kappa shape index (κ2) is 10.0. The Bertz CT molecular complexity index is 1080. The fraction of sp³-hybridized carbons (Fsp3) is 0.400. The Balaban J connectivity index is 2.13. The zero-order valence-electron chi connectivity index (χ0n) is 19.8. The average Bonchev–Trinajstić information content (AvgIpc) is 3.21. The van der Waals surface area contributed by atoms with Crippen molar-refractivity contribution in [2.24, 2.45) is 0 Å². The van der Waals surface area contributed by atoms with Crippen LogP contribution in [0.4, 0.5) is 0 Å². The molecule has 8 heteroatoms. The maximum Gasteiger partial charge on any atom is 0.355 e. The van der Waals surface area contributed by atoms with E-state index in [1.807, 2.05) is 49.3 Å². The molecule has 0 unspecified atom stereocenters. The van der Waals surface area contributed by atoms with Crippen molar-refractivity contribution >= 4 is 23.4 Å². The monoisotopic (exact) mass is 453 g/mol. The molecular formula is C25H31N3O5. The predicted octanol–water partition coefficient (Wildman–Crippen LogP) is 3.18. The predicted molar refractivity (Wildman–Crippen MR) is 125 cm³/mol. The number of rotatable bonds is 8. The second-order valence-corrected chi connectivity index (χ2v) is 8.41. The van der Waals surface area contributed by atoms with E-state index in [2.05, 4.69) is 4.98 Å². The van der Waals surface area contributed by atoms with Crippen LogP contribution in [0.1, 0.15) is 52.3 Å². The third-order valence-electron chi connectivity index (χ3n) is 5.81. The van der Waals surface area contributed by atoms with E-state index in [1.54, 1.807) is 20.8 Å². The SMILES string of the molecule is CCOC(=O)c1[nH]c(C)c(/C(O)=C2\C(=O)C(=O)N(CCCN(C)C)[C@H]2c2ccccc2)c1C. The molecule has 8 nitrogen and oxygen atoms in total. The number of carbonyl (C=O) groups is 3. The zero-order valence-corrected chi connectivity index (χ0v) is 19.8. The fourth-order valence-electron chi connectivity index (χ4n) is 4.30. The molecule has 0 radical (unpaired) electrons. The highest BCUT2D eigenvalue weighted by molar-refractivity contribution is 6.46. The van der Waals surface area contributed by atoms with Crippen molar-refractivity contribution in [3.05, 3.63) is 64.0 Å². The number of benzene rings is 1. The van der Waals surface area contributed by atoms with Crippen molar-refractivity contribution in [2.45, 2.75) is 33.2 Å². The van der Waals surface area contributed by atoms with Crippen LogP contribution in [-0.2, 0) is 14.3 Å². The van der Waals surface area contributed by atoms with Crippen LogP contribution < -0.4 is 0 Å². The molecule has 3 rings (SSSR count). The van der Waals surface area contributed by atoms with Crippen LogP contribution in [0.15, 0.2) is 35.9 Å². The summed E-state index contributed by atoms with van der Waals surface area (Å²) in [6.07, 6.45) is 0.679. The summed E-state index contributed by atoms with van der Waals surface area (Å²) < 4.78 is 5.09. The van der Waals surface area contributed by atoms with Gasteiger partial charge in [-0.05, 0) is 59.0 Å². The third kappa shape index (κ3) is 4.71. The first-order valence-corrected chi connectivity index (χ1v) is 11.0. The van der Waals surface area contributed by atoms with Gasteiger partial charge in [0.15, 0.2) is 0 Å². The van der Waals surface area contributed by atoms with Crippen LogP contribution in [-0.4, -0.2) is 71.3 Å². The van der Waals surface area contributed by atoms with E-state index in [4.69, 9.17) is 4.74 Å². The normalized spacial score (nSPS) is 17.8. The molecule has 0 saturated carbocycles. The lowest BCUT2D eigenvalue weighted by molar-refractivity contribution is -0.139. The summed E-state index contributed by atoms with van der Waals surface area (Å²) in [5, 5.41) is 11.4. The van der Waals surface area contributed by atoms with E-state index >= 15 is 0 Å². The number of likely N-dealkylation sites (tertiary alicyclic amines) is 1. The first-order valence-electron chi connectivity index (χ1n) is 11.0. The minimum absolute atomic E-state index is 0.0247. The summed E-state index contributed by atoms with van der Waals surface area (Å²) in [4.78, 5) is 45.0. The first-order chi connectivity index (χ1) is 15.7. The van der Waals surface area contributed by atoms with E-state index in [0.29, 0.717) is 29.8 Å². The number of aromatic amines is 1. The maximum atomic E-state index is 13.2. The van der Waals surface area contributed by atoms with Gasteiger partial charge in [0.2, 0.25) is 0 Å². The number of aryl methyl sites for hydroxylation is 1. The van der Waals surface area contributed by atoms with Gasteiger partial charge in [-0.15, -0.1) is 0 Å². The zero-order chi connectivity index (χ0) is 24.3. The molecule has 0 aliphatic carbocycles. The molecule has 1 aliphatic rings. The van der Waals surface area contributed by atoms with Crippen molar-refractivity contribution in [2.75, 3.05) is 33.8 Å². The van der Waals surface area contributed by atoms with Gasteiger partial charge >= 0.3 is 5.97 Å². The molecule has 2 aromatic rings. The Morgan fingerprint density at radius 3 is 2.45 bits per heavy atom. The largest absolute Gasteiger partial charge is 0.507 e. The molecule has 1 amide bonds. The Morgan fingerprint density at radius 2 is 1.85 bits per heavy atom. The molecule has 1 fully saturated rings. The Morgan fingerprint density at radius 1 is 1.18 bits per heavy atom. The molecular weight excluding hydrogens is 422 g/mol. The van der Waals surface area contributed by atoms with Gasteiger partial charge < -0.3 is 24.6 Å². The van der Waals surface area contributed by atoms with E-state index in [-0.39, 0.29) is 23.6 Å². The lowest BCUT2D eigenvalue weighted by Crippen LogP contribution is -2.32. The van der Waals surface area contributed by atoms with Gasteiger partial charge in [-0.3, -0.25) is 9.59 Å². The molecule has 176 valence electrons. The molecule has 1 atom stereocenters. The van der Waals surface area contributed by atoms with Gasteiger partial charge in [-0.25, -0.2) is 4.79 Å². The summed E-state index contributed by atoms with van der Waals surface area (Å²) in [7, 11) is 3.89. The number of aliphatic hydroxyl groups is 1. The van der Waals surface area contributed by atoms with E-state index in [1.165, 1.54) is 4.90 Å². The molecule has 1 aromatic carbocycles. The molecule has 33 heavy (non-hydrogen) atoms. The fourth-order valence-corrected chi connectivity index (χ4v) is 4.30. The van der Waals surface area contributed by atoms with Crippen molar-refractivity contribution in [1.82, 2.24) is 14.8 Å². The average molecular weight is 454 g/mol. The van der Waals surface area contributed by atoms with Crippen molar-refractivity contribution in [3.63, 3.8) is 0 Å². The Kier molecular flexibility index (Phi) is 7.38. The summed E-state index contributed by atoms with van der Waals surface area (Å²) >= 11 is 0. The number of aliphatic hydroxyl groups excluding tert-OH is 1. The molecule has 0 spiro atoms. The first kappa shape index (κ1) is 24.3. The van der Waals surface area contributed by atoms with E-state index in [0.717, 1.165) is 12.1 Å². The number of nitrogens with zero attached hydrogens (tertiary/aromatic N) is 2. The minimum Gasteiger partial charge on any atom is -0.507 e. The van der Waals surface area contributed by atoms with Crippen LogP contribution in [0.2, 0.25) is 0 Å². The number of hydrogen-bond acceptors (Lipinski definition) is 6. The molecule has 2 heterocycles. The van der Waals surface area contributed by atoms with E-state index < -0.39 is 23.7 Å². The lowest BCUT2D eigenvalue weighted by atomic mass is 9.94. The number of ketones is 1. The molecule has 0 bridgehead atoms. The Hall–Kier alpha value is -3.39. The van der Waals surface area contributed by atoms with Crippen LogP contribution in [0, 0.1) is 13.8 Å². The third-order valence-corrected chi connectivity index (χ3v) is 5.81. The highest BCUT2D eigenvalue weighted by Crippen LogP contribution is 2.40. The molecule has 1 saturated heterocycles. The van der Waals surface area contributed by atoms with Crippen LogP contribution in [0.5, 0.6) is 0 Å². The number of esters is 1. The standard InChI is InChI=1S/C25H31N3O5/c1-6-33-25(32)20-15(2)18(16(3)26-20)22(29)19-21(17-11-8-7-9-12-17)28(24(31)23(19)30)14-10-13-27(4)5/h7-9,11-12,21,26,29H,6,10,13-14H2,1-5H3/b22-19+/t21-/m0/s1. The molecule has 1 aliphatic heterocycles. The number of aromatic nitrogens is 1. The van der Waals surface area contributed by atoms with Gasteiger partial charge in [-0.1, -0.05) is 30.3 Å². The van der Waals surface area contributed by atoms with Crippen molar-refractivity contribution in [1.29, 1.82) is 0 Å². The number of nitrogens with one attached hydrogen (secondary N) is 1. The minimum atomic E-state index is -0.733. The number of ether oxygens (including phenoxy) is 1. The summed E-state index contributed by atoms with van der Waals surface area (Å²) in [6, 6.07) is 8.48. The summed E-state index contributed by atoms with van der Waals surface area (Å²) in [6.45, 7) is 6.43. The summed E-state index contributed by atoms with van der Waals surface area (Å²) in [5.74, 6) is -2.20. The van der Waals surface area contributed by atoms with Gasteiger partial charge in [-0.2, -0.15) is 0 Å². The van der Waals surface area contributed by atoms with Crippen molar-refractivity contribution in [3.8, 4) is 0 Å². The number of H-pyrrole nitrogens is 1. The van der Waals surface area contributed by atoms with E-state index in [9.17, 15) is 19.5 Å². The quantitative estimate of drug-likeness (QED) is 0.275. The number of amides is 1. The number of carbonyl (C=O) groups excluding carboxylic acids is 3. The number of hydrogen-bond donors (Lipinski definition) is 2. The van der Waals surface area contributed by atoms with Crippen molar-refractivity contribution < 1.29 is 24.2 Å². The van der Waals surface area contributed by atoms with Gasteiger partial charge in [0.25, 0.3) is 11.7 Å². The van der Waals surface area contributed by atoms with Crippen LogP contribution in [0.3, 0.4) is 0 Å². The lowest BCUT2D eigenvalue weighted by Gasteiger charge is -2.26.